The molecular weight excluding hydrogens is 176 g/mol. The second-order valence-corrected chi connectivity index (χ2v) is 4.44. The molecule has 82 valence electrons. The van der Waals surface area contributed by atoms with Crippen LogP contribution < -0.4 is 5.73 Å². The van der Waals surface area contributed by atoms with Crippen molar-refractivity contribution in [3.63, 3.8) is 0 Å². The second-order valence-electron chi connectivity index (χ2n) is 4.44. The van der Waals surface area contributed by atoms with Crippen LogP contribution in [0.1, 0.15) is 32.1 Å². The monoisotopic (exact) mass is 198 g/mol. The Morgan fingerprint density at radius 3 is 3.07 bits per heavy atom. The molecule has 0 aromatic heterocycles. The fraction of sp³-hybridized carbons (Fsp3) is 1.00. The molecule has 0 radical (unpaired) electrons. The first kappa shape index (κ1) is 10.4. The van der Waals surface area contributed by atoms with Crippen LogP contribution in [-0.2, 0) is 4.74 Å². The van der Waals surface area contributed by atoms with Gasteiger partial charge in [0.05, 0.1) is 12.7 Å². The van der Waals surface area contributed by atoms with Gasteiger partial charge in [0.15, 0.2) is 0 Å². The molecule has 1 aliphatic carbocycles. The number of morpholine rings is 1. The number of fused-ring (bicyclic) bond motifs is 1. The lowest BCUT2D eigenvalue weighted by molar-refractivity contribution is -0.0557. The van der Waals surface area contributed by atoms with Crippen LogP contribution in [0.4, 0.5) is 0 Å². The van der Waals surface area contributed by atoms with Crippen molar-refractivity contribution in [1.29, 1.82) is 0 Å². The Labute approximate surface area is 86.6 Å². The van der Waals surface area contributed by atoms with Crippen LogP contribution in [-0.4, -0.2) is 43.3 Å². The maximum Gasteiger partial charge on any atom is 0.0730 e. The molecular formula is C11H22N2O. The van der Waals surface area contributed by atoms with E-state index in [0.717, 1.165) is 32.2 Å². The summed E-state index contributed by atoms with van der Waals surface area (Å²) in [4.78, 5) is 2.62. The normalized spacial score (nSPS) is 33.2. The number of hydrogen-bond acceptors (Lipinski definition) is 3. The highest BCUT2D eigenvalue weighted by atomic mass is 16.5. The Kier molecular flexibility index (Phi) is 3.79. The number of ether oxygens (including phenoxy) is 1. The van der Waals surface area contributed by atoms with Gasteiger partial charge in [-0.3, -0.25) is 4.90 Å². The van der Waals surface area contributed by atoms with Crippen LogP contribution in [0.15, 0.2) is 0 Å². The molecule has 0 bridgehead atoms. The fourth-order valence-electron chi connectivity index (χ4n) is 2.74. The number of nitrogens with two attached hydrogens (primary N) is 1. The lowest BCUT2D eigenvalue weighted by Crippen LogP contribution is -2.48. The van der Waals surface area contributed by atoms with Gasteiger partial charge in [0.25, 0.3) is 0 Å². The zero-order valence-electron chi connectivity index (χ0n) is 8.95. The molecule has 2 rings (SSSR count). The van der Waals surface area contributed by atoms with Crippen molar-refractivity contribution < 1.29 is 4.74 Å². The van der Waals surface area contributed by atoms with Gasteiger partial charge >= 0.3 is 0 Å². The lowest BCUT2D eigenvalue weighted by Gasteiger charge is -2.37. The highest BCUT2D eigenvalue weighted by molar-refractivity contribution is 4.89. The topological polar surface area (TPSA) is 38.5 Å². The lowest BCUT2D eigenvalue weighted by atomic mass is 10.1. The molecule has 2 aliphatic rings. The molecule has 3 heteroatoms. The molecule has 2 unspecified atom stereocenters. The number of nitrogens with zero attached hydrogens (tertiary/aromatic N) is 1. The van der Waals surface area contributed by atoms with E-state index in [1.807, 2.05) is 0 Å². The predicted molar refractivity (Wildman–Crippen MR) is 57.2 cm³/mol. The van der Waals surface area contributed by atoms with Crippen molar-refractivity contribution in [2.24, 2.45) is 5.73 Å². The summed E-state index contributed by atoms with van der Waals surface area (Å²) >= 11 is 0. The minimum atomic E-state index is 0.543. The Bertz CT molecular complexity index is 175. The highest BCUT2D eigenvalue weighted by Crippen LogP contribution is 2.29. The molecule has 1 saturated heterocycles. The third kappa shape index (κ3) is 2.27. The van der Waals surface area contributed by atoms with Crippen molar-refractivity contribution in [1.82, 2.24) is 4.90 Å². The van der Waals surface area contributed by atoms with Crippen molar-refractivity contribution in [2.45, 2.75) is 44.2 Å². The van der Waals surface area contributed by atoms with Crippen molar-refractivity contribution in [3.8, 4) is 0 Å². The molecule has 1 saturated carbocycles. The summed E-state index contributed by atoms with van der Waals surface area (Å²) in [6.45, 7) is 4.12. The van der Waals surface area contributed by atoms with Gasteiger partial charge in [0, 0.05) is 12.6 Å². The first-order valence-electron chi connectivity index (χ1n) is 5.97. The van der Waals surface area contributed by atoms with Crippen molar-refractivity contribution in [3.05, 3.63) is 0 Å². The van der Waals surface area contributed by atoms with E-state index in [2.05, 4.69) is 4.90 Å². The van der Waals surface area contributed by atoms with Gasteiger partial charge in [0.1, 0.15) is 0 Å². The smallest absolute Gasteiger partial charge is 0.0730 e. The average Bonchev–Trinajstić information content (AvgIpc) is 2.67. The number of unbranched alkanes of at least 4 members (excludes halogenated alkanes) is 1. The van der Waals surface area contributed by atoms with E-state index >= 15 is 0 Å². The minimum Gasteiger partial charge on any atom is -0.375 e. The molecule has 1 aliphatic heterocycles. The van der Waals surface area contributed by atoms with Gasteiger partial charge in [0.2, 0.25) is 0 Å². The molecule has 1 heterocycles. The first-order chi connectivity index (χ1) is 6.92. The first-order valence-corrected chi connectivity index (χ1v) is 5.97. The largest absolute Gasteiger partial charge is 0.375 e. The maximum atomic E-state index is 5.77. The van der Waals surface area contributed by atoms with Gasteiger partial charge in [-0.2, -0.15) is 0 Å². The van der Waals surface area contributed by atoms with Crippen LogP contribution >= 0.6 is 0 Å². The van der Waals surface area contributed by atoms with Crippen LogP contribution in [0.3, 0.4) is 0 Å². The highest BCUT2D eigenvalue weighted by Gasteiger charge is 2.35. The summed E-state index contributed by atoms with van der Waals surface area (Å²) in [7, 11) is 0. The van der Waals surface area contributed by atoms with E-state index in [-0.39, 0.29) is 0 Å². The average molecular weight is 198 g/mol. The second kappa shape index (κ2) is 5.10. The van der Waals surface area contributed by atoms with Gasteiger partial charge in [-0.1, -0.05) is 0 Å². The van der Waals surface area contributed by atoms with E-state index in [1.165, 1.54) is 32.2 Å². The summed E-state index contributed by atoms with van der Waals surface area (Å²) < 4.78 is 5.77. The van der Waals surface area contributed by atoms with E-state index in [0.29, 0.717) is 6.10 Å². The Morgan fingerprint density at radius 2 is 2.21 bits per heavy atom. The van der Waals surface area contributed by atoms with Gasteiger partial charge < -0.3 is 10.5 Å². The SMILES string of the molecule is NCCCCN1CCOC2CCCC21. The molecule has 2 atom stereocenters. The number of rotatable bonds is 4. The Balaban J connectivity index is 1.78. The zero-order chi connectivity index (χ0) is 9.80. The summed E-state index contributed by atoms with van der Waals surface area (Å²) in [5, 5.41) is 0. The van der Waals surface area contributed by atoms with Crippen LogP contribution in [0, 0.1) is 0 Å². The van der Waals surface area contributed by atoms with Crippen LogP contribution in [0.25, 0.3) is 0 Å². The quantitative estimate of drug-likeness (QED) is 0.684. The molecule has 0 aromatic rings. The Hall–Kier alpha value is -0.120. The molecule has 2 N–H and O–H groups in total. The fourth-order valence-corrected chi connectivity index (χ4v) is 2.74. The third-order valence-electron chi connectivity index (χ3n) is 3.50. The summed E-state index contributed by atoms with van der Waals surface area (Å²) in [5.41, 5.74) is 5.51. The van der Waals surface area contributed by atoms with E-state index in [4.69, 9.17) is 10.5 Å². The molecule has 0 aromatic carbocycles. The van der Waals surface area contributed by atoms with E-state index in [1.54, 1.807) is 0 Å². The predicted octanol–water partition coefficient (Wildman–Crippen LogP) is 0.979. The van der Waals surface area contributed by atoms with E-state index in [9.17, 15) is 0 Å². The van der Waals surface area contributed by atoms with Gasteiger partial charge in [-0.05, 0) is 45.2 Å². The summed E-state index contributed by atoms with van der Waals surface area (Å²) in [6, 6.07) is 0.724. The molecule has 2 fully saturated rings. The van der Waals surface area contributed by atoms with Crippen molar-refractivity contribution in [2.75, 3.05) is 26.2 Å². The summed E-state index contributed by atoms with van der Waals surface area (Å²) in [5.74, 6) is 0. The Morgan fingerprint density at radius 1 is 1.29 bits per heavy atom. The zero-order valence-corrected chi connectivity index (χ0v) is 8.95. The standard InChI is InChI=1S/C11H22N2O/c12-6-1-2-7-13-8-9-14-11-5-3-4-10(11)13/h10-11H,1-9,12H2. The summed E-state index contributed by atoms with van der Waals surface area (Å²) in [6.07, 6.45) is 6.92. The molecule has 14 heavy (non-hydrogen) atoms. The van der Waals surface area contributed by atoms with Crippen LogP contribution in [0.5, 0.6) is 0 Å². The number of hydrogen-bond donors (Lipinski definition) is 1. The van der Waals surface area contributed by atoms with Crippen molar-refractivity contribution >= 4 is 0 Å². The van der Waals surface area contributed by atoms with E-state index < -0.39 is 0 Å². The van der Waals surface area contributed by atoms with Gasteiger partial charge in [-0.15, -0.1) is 0 Å². The van der Waals surface area contributed by atoms with Gasteiger partial charge in [-0.25, -0.2) is 0 Å². The minimum absolute atomic E-state index is 0.543. The molecule has 0 spiro atoms. The third-order valence-corrected chi connectivity index (χ3v) is 3.50. The van der Waals surface area contributed by atoms with Crippen LogP contribution in [0.2, 0.25) is 0 Å². The molecule has 3 nitrogen and oxygen atoms in total. The molecule has 0 amide bonds. The maximum absolute atomic E-state index is 5.77.